The predicted octanol–water partition coefficient (Wildman–Crippen LogP) is 4.18. The molecule has 4 N–H and O–H groups in total. The van der Waals surface area contributed by atoms with Crippen molar-refractivity contribution < 1.29 is 29.0 Å². The second-order valence-corrected chi connectivity index (χ2v) is 8.86. The quantitative estimate of drug-likeness (QED) is 0.288. The lowest BCUT2D eigenvalue weighted by Gasteiger charge is -2.27. The standard InChI is InChI=1S/C26H25N3O3.C2H2O4/c30-25(27-21-10-12-23-24(16-21)32-26(31)28-23)19-9-11-22(18-7-3-1-4-8-18)20(15-19)17-29-13-5-2-6-14-29;3-1(4)2(5)6/h1,3-4,7-12,15-16H,2,5-6,13-14,17H2,(H,27,30)(H,28,31);(H,3,4)(H,5,6). The maximum absolute atomic E-state index is 13.0. The number of aromatic nitrogens is 1. The maximum atomic E-state index is 13.0. The summed E-state index contributed by atoms with van der Waals surface area (Å²) in [5.41, 5.74) is 5.66. The van der Waals surface area contributed by atoms with E-state index in [2.05, 4.69) is 27.3 Å². The summed E-state index contributed by atoms with van der Waals surface area (Å²) in [5, 5.41) is 17.7. The van der Waals surface area contributed by atoms with E-state index in [1.54, 1.807) is 18.2 Å². The zero-order valence-corrected chi connectivity index (χ0v) is 20.5. The Balaban J connectivity index is 0.000000505. The molecular formula is C28H27N3O7. The Kier molecular flexibility index (Phi) is 8.34. The number of hydrogen-bond acceptors (Lipinski definition) is 6. The van der Waals surface area contributed by atoms with Gasteiger partial charge in [0.25, 0.3) is 5.91 Å². The van der Waals surface area contributed by atoms with Crippen LogP contribution in [0.4, 0.5) is 5.69 Å². The third-order valence-electron chi connectivity index (χ3n) is 6.16. The molecule has 10 nitrogen and oxygen atoms in total. The van der Waals surface area contributed by atoms with E-state index in [0.29, 0.717) is 22.4 Å². The van der Waals surface area contributed by atoms with Crippen LogP contribution in [0.5, 0.6) is 0 Å². The summed E-state index contributed by atoms with van der Waals surface area (Å²) in [5.74, 6) is -4.35. The van der Waals surface area contributed by atoms with Gasteiger partial charge >= 0.3 is 17.7 Å². The summed E-state index contributed by atoms with van der Waals surface area (Å²) in [6.45, 7) is 3.00. The average Bonchev–Trinajstić information content (AvgIpc) is 3.29. The van der Waals surface area contributed by atoms with Crippen LogP contribution in [0.25, 0.3) is 22.2 Å². The van der Waals surface area contributed by atoms with E-state index in [9.17, 15) is 9.59 Å². The van der Waals surface area contributed by atoms with Crippen LogP contribution in [-0.2, 0) is 16.1 Å². The number of anilines is 1. The lowest BCUT2D eigenvalue weighted by atomic mass is 9.96. The maximum Gasteiger partial charge on any atom is 0.417 e. The van der Waals surface area contributed by atoms with Gasteiger partial charge in [-0.2, -0.15) is 0 Å². The van der Waals surface area contributed by atoms with E-state index in [1.165, 1.54) is 19.3 Å². The molecule has 1 aromatic heterocycles. The molecule has 0 aliphatic carbocycles. The number of aliphatic carboxylic acids is 2. The fraction of sp³-hybridized carbons (Fsp3) is 0.214. The van der Waals surface area contributed by atoms with Gasteiger partial charge < -0.3 is 19.9 Å². The first kappa shape index (κ1) is 26.4. The minimum atomic E-state index is -1.82. The third-order valence-corrected chi connectivity index (χ3v) is 6.16. The molecule has 0 radical (unpaired) electrons. The summed E-state index contributed by atoms with van der Waals surface area (Å²) in [7, 11) is 0. The van der Waals surface area contributed by atoms with Crippen molar-refractivity contribution in [1.29, 1.82) is 0 Å². The molecule has 0 bridgehead atoms. The molecule has 2 heterocycles. The van der Waals surface area contributed by atoms with Crippen molar-refractivity contribution in [3.63, 3.8) is 0 Å². The van der Waals surface area contributed by atoms with Crippen molar-refractivity contribution in [3.05, 3.63) is 88.4 Å². The summed E-state index contributed by atoms with van der Waals surface area (Å²) >= 11 is 0. The largest absolute Gasteiger partial charge is 0.473 e. The number of carbonyl (C=O) groups excluding carboxylic acids is 1. The van der Waals surface area contributed by atoms with Gasteiger partial charge in [-0.25, -0.2) is 14.4 Å². The first-order chi connectivity index (χ1) is 18.3. The average molecular weight is 518 g/mol. The van der Waals surface area contributed by atoms with Crippen molar-refractivity contribution in [2.24, 2.45) is 0 Å². The molecule has 38 heavy (non-hydrogen) atoms. The Morgan fingerprint density at radius 1 is 0.895 bits per heavy atom. The summed E-state index contributed by atoms with van der Waals surface area (Å²) < 4.78 is 5.10. The van der Waals surface area contributed by atoms with Crippen molar-refractivity contribution in [2.45, 2.75) is 25.8 Å². The molecule has 10 heteroatoms. The number of oxazole rings is 1. The van der Waals surface area contributed by atoms with Crippen molar-refractivity contribution in [2.75, 3.05) is 18.4 Å². The molecule has 1 aliphatic rings. The van der Waals surface area contributed by atoms with Gasteiger partial charge in [-0.1, -0.05) is 42.8 Å². The molecule has 3 aromatic carbocycles. The number of nitrogens with one attached hydrogen (secondary N) is 2. The number of carbonyl (C=O) groups is 3. The van der Waals surface area contributed by atoms with E-state index < -0.39 is 17.7 Å². The summed E-state index contributed by atoms with van der Waals surface area (Å²) in [4.78, 5) is 47.7. The van der Waals surface area contributed by atoms with Gasteiger partial charge in [0, 0.05) is 23.9 Å². The number of nitrogens with zero attached hydrogens (tertiary/aromatic N) is 1. The molecule has 1 saturated heterocycles. The fourth-order valence-corrected chi connectivity index (χ4v) is 4.35. The van der Waals surface area contributed by atoms with Gasteiger partial charge in [-0.15, -0.1) is 0 Å². The van der Waals surface area contributed by atoms with Gasteiger partial charge in [0.2, 0.25) is 0 Å². The topological polar surface area (TPSA) is 153 Å². The number of hydrogen-bond donors (Lipinski definition) is 4. The van der Waals surface area contributed by atoms with Gasteiger partial charge in [0.05, 0.1) is 5.52 Å². The van der Waals surface area contributed by atoms with Crippen LogP contribution in [0.2, 0.25) is 0 Å². The molecule has 1 aliphatic heterocycles. The lowest BCUT2D eigenvalue weighted by Crippen LogP contribution is -2.29. The molecule has 0 atom stereocenters. The van der Waals surface area contributed by atoms with Crippen molar-refractivity contribution in [3.8, 4) is 11.1 Å². The van der Waals surface area contributed by atoms with Crippen LogP contribution >= 0.6 is 0 Å². The lowest BCUT2D eigenvalue weighted by molar-refractivity contribution is -0.159. The normalized spacial score (nSPS) is 13.4. The van der Waals surface area contributed by atoms with Gasteiger partial charge in [0.1, 0.15) is 0 Å². The van der Waals surface area contributed by atoms with Gasteiger partial charge in [-0.05, 0) is 66.9 Å². The zero-order chi connectivity index (χ0) is 27.1. The second kappa shape index (κ2) is 12.0. The highest BCUT2D eigenvalue weighted by molar-refractivity contribution is 6.27. The summed E-state index contributed by atoms with van der Waals surface area (Å²) in [6.07, 6.45) is 3.73. The Hall–Kier alpha value is -4.70. The highest BCUT2D eigenvalue weighted by Crippen LogP contribution is 2.27. The Morgan fingerprint density at radius 3 is 2.29 bits per heavy atom. The Morgan fingerprint density at radius 2 is 1.61 bits per heavy atom. The molecule has 0 spiro atoms. The van der Waals surface area contributed by atoms with Crippen molar-refractivity contribution in [1.82, 2.24) is 9.88 Å². The minimum Gasteiger partial charge on any atom is -0.473 e. The number of benzene rings is 3. The number of aromatic amines is 1. The molecular weight excluding hydrogens is 490 g/mol. The summed E-state index contributed by atoms with van der Waals surface area (Å²) in [6, 6.07) is 21.3. The van der Waals surface area contributed by atoms with Crippen LogP contribution in [-0.4, -0.2) is 51.0 Å². The number of H-pyrrole nitrogens is 1. The van der Waals surface area contributed by atoms with Gasteiger partial charge in [0.15, 0.2) is 5.58 Å². The molecule has 0 unspecified atom stereocenters. The minimum absolute atomic E-state index is 0.193. The third kappa shape index (κ3) is 6.74. The highest BCUT2D eigenvalue weighted by Gasteiger charge is 2.16. The predicted molar refractivity (Wildman–Crippen MR) is 141 cm³/mol. The molecule has 196 valence electrons. The van der Waals surface area contributed by atoms with Gasteiger partial charge in [-0.3, -0.25) is 14.7 Å². The number of fused-ring (bicyclic) bond motifs is 1. The first-order valence-corrected chi connectivity index (χ1v) is 12.1. The fourth-order valence-electron chi connectivity index (χ4n) is 4.35. The molecule has 1 amide bonds. The van der Waals surface area contributed by atoms with Crippen LogP contribution < -0.4 is 11.1 Å². The number of rotatable bonds is 5. The Bertz CT molecular complexity index is 1490. The second-order valence-electron chi connectivity index (χ2n) is 8.86. The monoisotopic (exact) mass is 517 g/mol. The highest BCUT2D eigenvalue weighted by atomic mass is 16.4. The van der Waals surface area contributed by atoms with E-state index >= 15 is 0 Å². The van der Waals surface area contributed by atoms with E-state index in [1.807, 2.05) is 36.4 Å². The number of carboxylic acids is 2. The van der Waals surface area contributed by atoms with Crippen LogP contribution in [0.3, 0.4) is 0 Å². The first-order valence-electron chi connectivity index (χ1n) is 12.1. The number of amides is 1. The number of piperidine rings is 1. The van der Waals surface area contributed by atoms with Crippen LogP contribution in [0.15, 0.2) is 75.9 Å². The van der Waals surface area contributed by atoms with E-state index in [4.69, 9.17) is 24.2 Å². The molecule has 4 aromatic rings. The van der Waals surface area contributed by atoms with Crippen molar-refractivity contribution >= 4 is 34.6 Å². The SMILES string of the molecule is O=C(Nc1ccc2[nH]c(=O)oc2c1)c1ccc(-c2ccccc2)c(CN2CCCCC2)c1.O=C(O)C(=O)O. The van der Waals surface area contributed by atoms with E-state index in [0.717, 1.165) is 36.3 Å². The van der Waals surface area contributed by atoms with E-state index in [-0.39, 0.29) is 5.91 Å². The van der Waals surface area contributed by atoms with Crippen LogP contribution in [0.1, 0.15) is 35.2 Å². The number of likely N-dealkylation sites (tertiary alicyclic amines) is 1. The zero-order valence-electron chi connectivity index (χ0n) is 20.5. The van der Waals surface area contributed by atoms with Crippen LogP contribution in [0, 0.1) is 0 Å². The molecule has 0 saturated carbocycles. The smallest absolute Gasteiger partial charge is 0.417 e. The number of carboxylic acid groups (broad SMARTS) is 2. The molecule has 1 fully saturated rings. The molecule has 5 rings (SSSR count). The Labute approximate surface area is 217 Å².